The second kappa shape index (κ2) is 6.18. The van der Waals surface area contributed by atoms with E-state index in [1.54, 1.807) is 0 Å². The van der Waals surface area contributed by atoms with Gasteiger partial charge in [0.1, 0.15) is 0 Å². The van der Waals surface area contributed by atoms with E-state index in [1.165, 1.54) is 18.5 Å². The summed E-state index contributed by atoms with van der Waals surface area (Å²) in [7, 11) is 0. The van der Waals surface area contributed by atoms with Gasteiger partial charge >= 0.3 is 0 Å². The lowest BCUT2D eigenvalue weighted by molar-refractivity contribution is -0.136. The maximum absolute atomic E-state index is 12.4. The lowest BCUT2D eigenvalue weighted by Crippen LogP contribution is -2.51. The first kappa shape index (κ1) is 14.6. The maximum atomic E-state index is 12.4. The van der Waals surface area contributed by atoms with Gasteiger partial charge in [-0.3, -0.25) is 9.48 Å². The van der Waals surface area contributed by atoms with Gasteiger partial charge in [0.25, 0.3) is 0 Å². The van der Waals surface area contributed by atoms with Crippen LogP contribution in [0, 0.1) is 13.8 Å². The second-order valence-corrected chi connectivity index (χ2v) is 6.46. The molecule has 1 amide bonds. The van der Waals surface area contributed by atoms with Gasteiger partial charge in [-0.1, -0.05) is 0 Å². The fourth-order valence-electron chi connectivity index (χ4n) is 3.16. The van der Waals surface area contributed by atoms with Gasteiger partial charge in [-0.05, 0) is 52.0 Å². The molecule has 2 fully saturated rings. The van der Waals surface area contributed by atoms with Gasteiger partial charge < -0.3 is 10.2 Å². The van der Waals surface area contributed by atoms with Crippen LogP contribution in [0.25, 0.3) is 0 Å². The number of aryl methyl sites for hydroxylation is 3. The molecule has 5 nitrogen and oxygen atoms in total. The van der Waals surface area contributed by atoms with Crippen LogP contribution in [0.15, 0.2) is 6.07 Å². The van der Waals surface area contributed by atoms with E-state index in [0.717, 1.165) is 44.6 Å². The summed E-state index contributed by atoms with van der Waals surface area (Å²) in [4.78, 5) is 14.5. The molecule has 1 aromatic heterocycles. The zero-order valence-electron chi connectivity index (χ0n) is 13.1. The predicted molar refractivity (Wildman–Crippen MR) is 82.1 cm³/mol. The highest BCUT2D eigenvalue weighted by atomic mass is 16.2. The van der Waals surface area contributed by atoms with Crippen LogP contribution in [0.1, 0.15) is 43.5 Å². The number of piperidine rings is 1. The largest absolute Gasteiger partial charge is 0.341 e. The first-order valence-corrected chi connectivity index (χ1v) is 8.19. The number of carbonyl (C=O) groups is 1. The van der Waals surface area contributed by atoms with Crippen molar-refractivity contribution in [1.29, 1.82) is 0 Å². The molecule has 0 spiro atoms. The lowest BCUT2D eigenvalue weighted by atomic mass is 10.0. The van der Waals surface area contributed by atoms with Crippen LogP contribution in [0.5, 0.6) is 0 Å². The van der Waals surface area contributed by atoms with Crippen molar-refractivity contribution in [3.8, 4) is 0 Å². The Morgan fingerprint density at radius 2 is 2.10 bits per heavy atom. The summed E-state index contributed by atoms with van der Waals surface area (Å²) in [5.74, 6) is 0.307. The van der Waals surface area contributed by atoms with Crippen LogP contribution >= 0.6 is 0 Å². The van der Waals surface area contributed by atoms with Crippen LogP contribution in [0.3, 0.4) is 0 Å². The van der Waals surface area contributed by atoms with E-state index in [1.807, 2.05) is 16.5 Å². The summed E-state index contributed by atoms with van der Waals surface area (Å²) in [5.41, 5.74) is 2.26. The lowest BCUT2D eigenvalue weighted by Gasteiger charge is -2.33. The minimum atomic E-state index is 0.0694. The zero-order chi connectivity index (χ0) is 14.8. The van der Waals surface area contributed by atoms with Gasteiger partial charge in [-0.2, -0.15) is 5.10 Å². The Hall–Kier alpha value is -1.36. The van der Waals surface area contributed by atoms with Crippen molar-refractivity contribution >= 4 is 5.91 Å². The zero-order valence-corrected chi connectivity index (χ0v) is 13.1. The molecule has 3 rings (SSSR count). The molecule has 0 bridgehead atoms. The normalized spacial score (nSPS) is 22.9. The molecule has 0 radical (unpaired) electrons. The van der Waals surface area contributed by atoms with Crippen molar-refractivity contribution in [3.05, 3.63) is 17.5 Å². The first-order valence-electron chi connectivity index (χ1n) is 8.19. The molecule has 1 N–H and O–H groups in total. The van der Waals surface area contributed by atoms with Gasteiger partial charge in [-0.15, -0.1) is 0 Å². The van der Waals surface area contributed by atoms with Crippen LogP contribution < -0.4 is 5.32 Å². The van der Waals surface area contributed by atoms with E-state index in [2.05, 4.69) is 23.4 Å². The molecule has 1 atom stereocenters. The molecule has 1 saturated heterocycles. The molecule has 1 aromatic rings. The molecule has 2 aliphatic rings. The Balaban J connectivity index is 1.47. The summed E-state index contributed by atoms with van der Waals surface area (Å²) in [6, 6.07) is 2.77. The minimum absolute atomic E-state index is 0.0694. The highest BCUT2D eigenvalue weighted by molar-refractivity contribution is 5.82. The topological polar surface area (TPSA) is 50.2 Å². The van der Waals surface area contributed by atoms with Gasteiger partial charge in [0.15, 0.2) is 0 Å². The Labute approximate surface area is 126 Å². The fourth-order valence-corrected chi connectivity index (χ4v) is 3.16. The standard InChI is InChI=1S/C16H26N4O/c1-12-11-13(2)20(18-12)10-4-9-19-8-3-5-15(16(19)21)17-14-6-7-14/h11,14-15,17H,3-10H2,1-2H3. The van der Waals surface area contributed by atoms with Crippen LogP contribution in [0.4, 0.5) is 0 Å². The Morgan fingerprint density at radius 3 is 2.76 bits per heavy atom. The molecule has 5 heteroatoms. The monoisotopic (exact) mass is 290 g/mol. The molecular formula is C16H26N4O. The highest BCUT2D eigenvalue weighted by Gasteiger charge is 2.32. The van der Waals surface area contributed by atoms with Crippen molar-refractivity contribution in [2.24, 2.45) is 0 Å². The maximum Gasteiger partial charge on any atom is 0.239 e. The Morgan fingerprint density at radius 1 is 1.29 bits per heavy atom. The van der Waals surface area contributed by atoms with E-state index < -0.39 is 0 Å². The third kappa shape index (κ3) is 3.64. The number of carbonyl (C=O) groups excluding carboxylic acids is 1. The van der Waals surface area contributed by atoms with E-state index >= 15 is 0 Å². The molecule has 1 aliphatic heterocycles. The molecule has 21 heavy (non-hydrogen) atoms. The second-order valence-electron chi connectivity index (χ2n) is 6.46. The van der Waals surface area contributed by atoms with Gasteiger partial charge in [0, 0.05) is 31.4 Å². The number of rotatable bonds is 6. The molecule has 0 aromatic carbocycles. The third-order valence-corrected chi connectivity index (χ3v) is 4.45. The molecular weight excluding hydrogens is 264 g/mol. The van der Waals surface area contributed by atoms with Crippen molar-refractivity contribution < 1.29 is 4.79 Å². The van der Waals surface area contributed by atoms with Crippen molar-refractivity contribution in [2.45, 2.75) is 64.6 Å². The third-order valence-electron chi connectivity index (χ3n) is 4.45. The van der Waals surface area contributed by atoms with Crippen LogP contribution in [-0.4, -0.2) is 45.8 Å². The fraction of sp³-hybridized carbons (Fsp3) is 0.750. The Bertz CT molecular complexity index is 506. The van der Waals surface area contributed by atoms with E-state index in [0.29, 0.717) is 11.9 Å². The van der Waals surface area contributed by atoms with Gasteiger partial charge in [-0.25, -0.2) is 0 Å². The number of amides is 1. The number of nitrogens with one attached hydrogen (secondary N) is 1. The van der Waals surface area contributed by atoms with Crippen molar-refractivity contribution in [1.82, 2.24) is 20.0 Å². The Kier molecular flexibility index (Phi) is 4.29. The number of nitrogens with zero attached hydrogens (tertiary/aromatic N) is 3. The average molecular weight is 290 g/mol. The molecule has 116 valence electrons. The number of likely N-dealkylation sites (tertiary alicyclic amines) is 1. The van der Waals surface area contributed by atoms with Gasteiger partial charge in [0.2, 0.25) is 5.91 Å². The quantitative estimate of drug-likeness (QED) is 0.866. The summed E-state index contributed by atoms with van der Waals surface area (Å²) in [6.45, 7) is 6.76. The average Bonchev–Trinajstić information content (AvgIpc) is 3.19. The predicted octanol–water partition coefficient (Wildman–Crippen LogP) is 1.63. The minimum Gasteiger partial charge on any atom is -0.341 e. The first-order chi connectivity index (χ1) is 10.1. The summed E-state index contributed by atoms with van der Waals surface area (Å²) < 4.78 is 2.05. The summed E-state index contributed by atoms with van der Waals surface area (Å²) >= 11 is 0. The van der Waals surface area contributed by atoms with Crippen LogP contribution in [0.2, 0.25) is 0 Å². The number of aromatic nitrogens is 2. The molecule has 2 heterocycles. The number of hydrogen-bond donors (Lipinski definition) is 1. The van der Waals surface area contributed by atoms with Crippen molar-refractivity contribution in [3.63, 3.8) is 0 Å². The molecule has 1 saturated carbocycles. The van der Waals surface area contributed by atoms with Gasteiger partial charge in [0.05, 0.1) is 11.7 Å². The number of hydrogen-bond acceptors (Lipinski definition) is 3. The summed E-state index contributed by atoms with van der Waals surface area (Å²) in [6.07, 6.45) is 5.58. The SMILES string of the molecule is Cc1cc(C)n(CCCN2CCCC(NC3CC3)C2=O)n1. The van der Waals surface area contributed by atoms with E-state index in [9.17, 15) is 4.79 Å². The molecule has 1 unspecified atom stereocenters. The van der Waals surface area contributed by atoms with Crippen LogP contribution in [-0.2, 0) is 11.3 Å². The van der Waals surface area contributed by atoms with E-state index in [-0.39, 0.29) is 6.04 Å². The highest BCUT2D eigenvalue weighted by Crippen LogP contribution is 2.22. The van der Waals surface area contributed by atoms with Crippen molar-refractivity contribution in [2.75, 3.05) is 13.1 Å². The smallest absolute Gasteiger partial charge is 0.239 e. The summed E-state index contributed by atoms with van der Waals surface area (Å²) in [5, 5.41) is 7.96. The van der Waals surface area contributed by atoms with E-state index in [4.69, 9.17) is 0 Å². The molecule has 1 aliphatic carbocycles.